The van der Waals surface area contributed by atoms with Crippen molar-refractivity contribution in [3.63, 3.8) is 0 Å². The lowest BCUT2D eigenvalue weighted by Crippen LogP contribution is -2.13. The first-order chi connectivity index (χ1) is 10.7. The van der Waals surface area contributed by atoms with E-state index in [0.717, 1.165) is 11.1 Å². The van der Waals surface area contributed by atoms with Crippen molar-refractivity contribution >= 4 is 11.8 Å². The van der Waals surface area contributed by atoms with E-state index in [2.05, 4.69) is 5.32 Å². The molecular weight excluding hydrogens is 282 g/mol. The first kappa shape index (κ1) is 15.9. The molecule has 1 amide bonds. The minimum atomic E-state index is -0.525. The maximum atomic E-state index is 11.8. The summed E-state index contributed by atoms with van der Waals surface area (Å²) in [4.78, 5) is 11.8. The maximum Gasteiger partial charge on any atom is 0.411 e. The first-order valence-corrected chi connectivity index (χ1v) is 7.00. The maximum absolute atomic E-state index is 11.8. The summed E-state index contributed by atoms with van der Waals surface area (Å²) in [6, 6.07) is 14.8. The average molecular weight is 301 g/mol. The van der Waals surface area contributed by atoms with Gasteiger partial charge in [-0.3, -0.25) is 5.32 Å². The van der Waals surface area contributed by atoms with Crippen LogP contribution in [0.2, 0.25) is 0 Å². The Hall–Kier alpha value is -2.53. The highest BCUT2D eigenvalue weighted by molar-refractivity contribution is 5.85. The summed E-state index contributed by atoms with van der Waals surface area (Å²) < 4.78 is 10.5. The molecule has 2 N–H and O–H groups in total. The van der Waals surface area contributed by atoms with Gasteiger partial charge in [0.1, 0.15) is 19.0 Å². The summed E-state index contributed by atoms with van der Waals surface area (Å²) in [5.41, 5.74) is 2.45. The predicted molar refractivity (Wildman–Crippen MR) is 84.0 cm³/mol. The zero-order valence-electron chi connectivity index (χ0n) is 12.4. The van der Waals surface area contributed by atoms with Gasteiger partial charge in [-0.1, -0.05) is 30.3 Å². The fourth-order valence-electron chi connectivity index (χ4n) is 1.94. The van der Waals surface area contributed by atoms with E-state index in [-0.39, 0.29) is 19.8 Å². The molecule has 0 radical (unpaired) electrons. The fourth-order valence-corrected chi connectivity index (χ4v) is 1.94. The summed E-state index contributed by atoms with van der Waals surface area (Å²) in [7, 11) is 0. The van der Waals surface area contributed by atoms with Crippen molar-refractivity contribution in [1.29, 1.82) is 0 Å². The van der Waals surface area contributed by atoms with E-state index in [9.17, 15) is 4.79 Å². The Morgan fingerprint density at radius 2 is 1.95 bits per heavy atom. The van der Waals surface area contributed by atoms with E-state index in [1.165, 1.54) is 0 Å². The van der Waals surface area contributed by atoms with Crippen molar-refractivity contribution in [1.82, 2.24) is 0 Å². The number of ether oxygens (including phenoxy) is 2. The lowest BCUT2D eigenvalue weighted by Gasteiger charge is -2.10. The number of hydrogen-bond acceptors (Lipinski definition) is 4. The molecule has 0 atom stereocenters. The van der Waals surface area contributed by atoms with Crippen LogP contribution in [0.15, 0.2) is 48.5 Å². The Balaban J connectivity index is 1.91. The van der Waals surface area contributed by atoms with E-state index >= 15 is 0 Å². The second kappa shape index (κ2) is 8.05. The van der Waals surface area contributed by atoms with Gasteiger partial charge >= 0.3 is 6.09 Å². The van der Waals surface area contributed by atoms with Crippen molar-refractivity contribution in [3.05, 3.63) is 59.7 Å². The lowest BCUT2D eigenvalue weighted by atomic mass is 10.2. The van der Waals surface area contributed by atoms with Gasteiger partial charge in [-0.2, -0.15) is 0 Å². The fraction of sp³-hybridized carbons (Fsp3) is 0.235. The summed E-state index contributed by atoms with van der Waals surface area (Å²) in [5, 5.41) is 11.4. The molecule has 0 aromatic heterocycles. The minimum absolute atomic E-state index is 0.0597. The van der Waals surface area contributed by atoms with Crippen LogP contribution in [0, 0.1) is 6.92 Å². The van der Waals surface area contributed by atoms with Gasteiger partial charge in [0.25, 0.3) is 0 Å². The summed E-state index contributed by atoms with van der Waals surface area (Å²) in [5.74, 6) is 0.590. The van der Waals surface area contributed by atoms with E-state index in [4.69, 9.17) is 14.6 Å². The molecule has 2 aromatic rings. The third-order valence-electron chi connectivity index (χ3n) is 2.87. The van der Waals surface area contributed by atoms with Crippen LogP contribution in [-0.4, -0.2) is 24.4 Å². The SMILES string of the molecule is Cc1cc(NC(=O)OCc2ccccc2)cc(OCCO)c1. The molecule has 5 heteroatoms. The molecule has 0 fully saturated rings. The van der Waals surface area contributed by atoms with E-state index < -0.39 is 6.09 Å². The van der Waals surface area contributed by atoms with Crippen molar-refractivity contribution in [2.45, 2.75) is 13.5 Å². The molecule has 2 rings (SSSR count). The van der Waals surface area contributed by atoms with Crippen molar-refractivity contribution in [3.8, 4) is 5.75 Å². The summed E-state index contributed by atoms with van der Waals surface area (Å²) in [6.45, 7) is 2.26. The van der Waals surface area contributed by atoms with Crippen LogP contribution in [0.1, 0.15) is 11.1 Å². The topological polar surface area (TPSA) is 67.8 Å². The van der Waals surface area contributed by atoms with E-state index in [1.54, 1.807) is 6.07 Å². The number of amides is 1. The number of carbonyl (C=O) groups excluding carboxylic acids is 1. The number of aliphatic hydroxyl groups is 1. The van der Waals surface area contributed by atoms with Crippen LogP contribution >= 0.6 is 0 Å². The van der Waals surface area contributed by atoms with E-state index in [1.807, 2.05) is 49.4 Å². The van der Waals surface area contributed by atoms with Crippen LogP contribution in [0.5, 0.6) is 5.75 Å². The first-order valence-electron chi connectivity index (χ1n) is 7.00. The number of nitrogens with one attached hydrogen (secondary N) is 1. The molecular formula is C17H19NO4. The Kier molecular flexibility index (Phi) is 5.80. The number of aryl methyl sites for hydroxylation is 1. The van der Waals surface area contributed by atoms with Crippen molar-refractivity contribution in [2.24, 2.45) is 0 Å². The second-order valence-electron chi connectivity index (χ2n) is 4.79. The monoisotopic (exact) mass is 301 g/mol. The van der Waals surface area contributed by atoms with Gasteiger partial charge in [-0.05, 0) is 30.2 Å². The van der Waals surface area contributed by atoms with Gasteiger partial charge < -0.3 is 14.6 Å². The molecule has 22 heavy (non-hydrogen) atoms. The largest absolute Gasteiger partial charge is 0.491 e. The third-order valence-corrected chi connectivity index (χ3v) is 2.87. The number of anilines is 1. The Morgan fingerprint density at radius 1 is 1.18 bits per heavy atom. The number of aliphatic hydroxyl groups excluding tert-OH is 1. The van der Waals surface area contributed by atoms with Crippen LogP contribution in [-0.2, 0) is 11.3 Å². The highest BCUT2D eigenvalue weighted by Crippen LogP contribution is 2.21. The summed E-state index contributed by atoms with van der Waals surface area (Å²) >= 11 is 0. The van der Waals surface area contributed by atoms with Gasteiger partial charge in [0, 0.05) is 11.8 Å². The molecule has 0 spiro atoms. The van der Waals surface area contributed by atoms with Gasteiger partial charge in [-0.25, -0.2) is 4.79 Å². The molecule has 0 aliphatic carbocycles. The zero-order valence-corrected chi connectivity index (χ0v) is 12.4. The van der Waals surface area contributed by atoms with Crippen LogP contribution in [0.3, 0.4) is 0 Å². The van der Waals surface area contributed by atoms with Gasteiger partial charge in [0.15, 0.2) is 0 Å². The molecule has 0 aliphatic rings. The minimum Gasteiger partial charge on any atom is -0.491 e. The quantitative estimate of drug-likeness (QED) is 0.860. The molecule has 0 saturated heterocycles. The third kappa shape index (κ3) is 5.10. The average Bonchev–Trinajstić information content (AvgIpc) is 2.51. The van der Waals surface area contributed by atoms with Crippen molar-refractivity contribution in [2.75, 3.05) is 18.5 Å². The zero-order chi connectivity index (χ0) is 15.8. The number of carbonyl (C=O) groups is 1. The standard InChI is InChI=1S/C17H19NO4/c1-13-9-15(11-16(10-13)21-8-7-19)18-17(20)22-12-14-5-3-2-4-6-14/h2-6,9-11,19H,7-8,12H2,1H3,(H,18,20). The Labute approximate surface area is 129 Å². The van der Waals surface area contributed by atoms with Crippen LogP contribution < -0.4 is 10.1 Å². The highest BCUT2D eigenvalue weighted by Gasteiger charge is 2.06. The molecule has 0 saturated carbocycles. The Bertz CT molecular complexity index is 613. The van der Waals surface area contributed by atoms with E-state index in [0.29, 0.717) is 11.4 Å². The number of rotatable bonds is 6. The van der Waals surface area contributed by atoms with Gasteiger partial charge in [0.05, 0.1) is 6.61 Å². The Morgan fingerprint density at radius 3 is 2.68 bits per heavy atom. The molecule has 5 nitrogen and oxygen atoms in total. The second-order valence-corrected chi connectivity index (χ2v) is 4.79. The molecule has 0 unspecified atom stereocenters. The smallest absolute Gasteiger partial charge is 0.411 e. The molecule has 0 aliphatic heterocycles. The molecule has 0 bridgehead atoms. The van der Waals surface area contributed by atoms with Crippen molar-refractivity contribution < 1.29 is 19.4 Å². The van der Waals surface area contributed by atoms with Gasteiger partial charge in [0.2, 0.25) is 0 Å². The van der Waals surface area contributed by atoms with Crippen LogP contribution in [0.4, 0.5) is 10.5 Å². The molecule has 2 aromatic carbocycles. The lowest BCUT2D eigenvalue weighted by molar-refractivity contribution is 0.155. The number of hydrogen-bond donors (Lipinski definition) is 2. The van der Waals surface area contributed by atoms with Gasteiger partial charge in [-0.15, -0.1) is 0 Å². The van der Waals surface area contributed by atoms with Crippen LogP contribution in [0.25, 0.3) is 0 Å². The normalized spacial score (nSPS) is 10.1. The summed E-state index contributed by atoms with van der Waals surface area (Å²) in [6.07, 6.45) is -0.525. The highest BCUT2D eigenvalue weighted by atomic mass is 16.5. The molecule has 116 valence electrons. The molecule has 0 heterocycles. The predicted octanol–water partition coefficient (Wildman–Crippen LogP) is 3.11. The number of benzene rings is 2.